The molecular weight excluding hydrogens is 351 g/mol. The van der Waals surface area contributed by atoms with E-state index < -0.39 is 6.10 Å². The maximum atomic E-state index is 11.4. The first-order chi connectivity index (χ1) is 13.7. The van der Waals surface area contributed by atoms with E-state index in [0.29, 0.717) is 0 Å². The Labute approximate surface area is 176 Å². The second-order valence-electron chi connectivity index (χ2n) is 8.82. The normalized spacial score (nSPS) is 13.2. The van der Waals surface area contributed by atoms with Crippen molar-refractivity contribution in [2.45, 2.75) is 60.4 Å². The van der Waals surface area contributed by atoms with Gasteiger partial charge in [0.1, 0.15) is 0 Å². The van der Waals surface area contributed by atoms with Crippen LogP contribution in [0.15, 0.2) is 54.6 Å². The summed E-state index contributed by atoms with van der Waals surface area (Å²) in [6.07, 6.45) is -0.526. The molecule has 150 valence electrons. The van der Waals surface area contributed by atoms with E-state index in [2.05, 4.69) is 72.7 Å². The Morgan fingerprint density at radius 2 is 1.03 bits per heavy atom. The van der Waals surface area contributed by atoms with Crippen molar-refractivity contribution in [1.29, 1.82) is 0 Å². The van der Waals surface area contributed by atoms with Crippen molar-refractivity contribution in [2.24, 2.45) is 0 Å². The summed E-state index contributed by atoms with van der Waals surface area (Å²) in [4.78, 5) is 0. The van der Waals surface area contributed by atoms with E-state index in [-0.39, 0.29) is 12.5 Å². The summed E-state index contributed by atoms with van der Waals surface area (Å²) in [5.74, 6) is 0.0395. The van der Waals surface area contributed by atoms with Gasteiger partial charge in [0.2, 0.25) is 6.71 Å². The van der Waals surface area contributed by atoms with Gasteiger partial charge in [-0.3, -0.25) is 0 Å². The van der Waals surface area contributed by atoms with Crippen LogP contribution in [0.5, 0.6) is 0 Å². The van der Waals surface area contributed by atoms with Crippen LogP contribution in [-0.4, -0.2) is 11.8 Å². The van der Waals surface area contributed by atoms with Gasteiger partial charge in [-0.05, 0) is 52.9 Å². The lowest BCUT2D eigenvalue weighted by atomic mass is 9.30. The smallest absolute Gasteiger partial charge is 0.216 e. The summed E-state index contributed by atoms with van der Waals surface area (Å²) in [5, 5.41) is 11.4. The Morgan fingerprint density at radius 1 is 0.655 bits per heavy atom. The molecule has 3 aromatic rings. The number of hydrogen-bond donors (Lipinski definition) is 1. The highest BCUT2D eigenvalue weighted by Crippen LogP contribution is 2.31. The molecule has 0 fully saturated rings. The maximum Gasteiger partial charge on any atom is 0.216 e. The van der Waals surface area contributed by atoms with Crippen LogP contribution >= 0.6 is 0 Å². The van der Waals surface area contributed by atoms with Gasteiger partial charge in [0.05, 0.1) is 6.10 Å². The minimum atomic E-state index is -0.526. The predicted molar refractivity (Wildman–Crippen MR) is 127 cm³/mol. The third kappa shape index (κ3) is 4.33. The fraction of sp³-hybridized carbons (Fsp3) is 0.333. The van der Waals surface area contributed by atoms with Crippen LogP contribution in [0.2, 0.25) is 5.82 Å². The monoisotopic (exact) mass is 384 g/mol. The van der Waals surface area contributed by atoms with Gasteiger partial charge < -0.3 is 5.11 Å². The van der Waals surface area contributed by atoms with Gasteiger partial charge in [-0.1, -0.05) is 106 Å². The molecule has 3 aromatic carbocycles. The number of aliphatic hydroxyl groups excluding tert-OH is 1. The summed E-state index contributed by atoms with van der Waals surface area (Å²) >= 11 is 0. The van der Waals surface area contributed by atoms with Gasteiger partial charge in [0, 0.05) is 0 Å². The average Bonchev–Trinajstić information content (AvgIpc) is 2.64. The van der Waals surface area contributed by atoms with Crippen molar-refractivity contribution in [3.63, 3.8) is 0 Å². The third-order valence-electron chi connectivity index (χ3n) is 6.26. The molecule has 0 heterocycles. The van der Waals surface area contributed by atoms with Crippen LogP contribution in [-0.2, 0) is 0 Å². The minimum absolute atomic E-state index is 0.0395. The molecule has 1 nitrogen and oxygen atoms in total. The van der Waals surface area contributed by atoms with Crippen LogP contribution in [0, 0.1) is 41.5 Å². The van der Waals surface area contributed by atoms with E-state index in [0.717, 1.165) is 5.56 Å². The number of aliphatic hydroxyl groups is 1. The van der Waals surface area contributed by atoms with Crippen molar-refractivity contribution < 1.29 is 5.11 Å². The van der Waals surface area contributed by atoms with Gasteiger partial charge in [0.15, 0.2) is 0 Å². The summed E-state index contributed by atoms with van der Waals surface area (Å²) in [6, 6.07) is 19.2. The second-order valence-corrected chi connectivity index (χ2v) is 8.82. The van der Waals surface area contributed by atoms with Crippen molar-refractivity contribution in [3.8, 4) is 0 Å². The molecule has 0 saturated carbocycles. The number of rotatable bonds is 5. The Balaban J connectivity index is 2.23. The van der Waals surface area contributed by atoms with E-state index in [4.69, 9.17) is 0 Å². The van der Waals surface area contributed by atoms with Gasteiger partial charge in [0.25, 0.3) is 0 Å². The first kappa shape index (κ1) is 21.4. The number of benzene rings is 3. The van der Waals surface area contributed by atoms with Gasteiger partial charge in [-0.2, -0.15) is 0 Å². The molecule has 0 spiro atoms. The quantitative estimate of drug-likeness (QED) is 0.594. The van der Waals surface area contributed by atoms with Crippen LogP contribution in [0.3, 0.4) is 0 Å². The zero-order chi connectivity index (χ0) is 21.3. The standard InChI is InChI=1S/C27H33BO/c1-17-13-19(3)25(20(4)14-17)28(26-21(5)15-18(2)16-22(26)6)23(7)27(29)24-11-9-8-10-12-24/h8-16,23,27,29H,1-7H3/t23-,27+/m0/s1. The van der Waals surface area contributed by atoms with Gasteiger partial charge in [-0.15, -0.1) is 0 Å². The molecule has 0 aliphatic carbocycles. The van der Waals surface area contributed by atoms with E-state index in [1.165, 1.54) is 44.3 Å². The Bertz CT molecular complexity index is 903. The zero-order valence-corrected chi connectivity index (χ0v) is 18.9. The number of hydrogen-bond acceptors (Lipinski definition) is 1. The molecule has 2 heteroatoms. The van der Waals surface area contributed by atoms with E-state index in [9.17, 15) is 5.11 Å². The topological polar surface area (TPSA) is 20.2 Å². The first-order valence-corrected chi connectivity index (χ1v) is 10.6. The summed E-state index contributed by atoms with van der Waals surface area (Å²) in [5.41, 5.74) is 11.5. The van der Waals surface area contributed by atoms with E-state index in [1.807, 2.05) is 30.3 Å². The lowest BCUT2D eigenvalue weighted by molar-refractivity contribution is 0.173. The van der Waals surface area contributed by atoms with E-state index >= 15 is 0 Å². The van der Waals surface area contributed by atoms with Gasteiger partial charge in [-0.25, -0.2) is 0 Å². The molecule has 29 heavy (non-hydrogen) atoms. The highest BCUT2D eigenvalue weighted by atomic mass is 16.3. The van der Waals surface area contributed by atoms with Crippen molar-refractivity contribution in [1.82, 2.24) is 0 Å². The molecule has 0 aliphatic heterocycles. The molecule has 2 atom stereocenters. The van der Waals surface area contributed by atoms with Crippen LogP contribution in [0.1, 0.15) is 52.0 Å². The molecule has 0 bridgehead atoms. The van der Waals surface area contributed by atoms with Crippen molar-refractivity contribution >= 4 is 17.6 Å². The Morgan fingerprint density at radius 3 is 1.41 bits per heavy atom. The molecule has 0 saturated heterocycles. The van der Waals surface area contributed by atoms with Crippen molar-refractivity contribution in [2.75, 3.05) is 0 Å². The summed E-state index contributed by atoms with van der Waals surface area (Å²) in [7, 11) is 0. The van der Waals surface area contributed by atoms with Crippen LogP contribution in [0.4, 0.5) is 0 Å². The highest BCUT2D eigenvalue weighted by molar-refractivity contribution is 6.87. The van der Waals surface area contributed by atoms with Crippen LogP contribution < -0.4 is 10.9 Å². The first-order valence-electron chi connectivity index (χ1n) is 10.6. The summed E-state index contributed by atoms with van der Waals surface area (Å²) < 4.78 is 0. The fourth-order valence-electron chi connectivity index (χ4n) is 5.17. The lowest BCUT2D eigenvalue weighted by Gasteiger charge is -2.31. The third-order valence-corrected chi connectivity index (χ3v) is 6.26. The molecule has 3 rings (SSSR count). The summed E-state index contributed by atoms with van der Waals surface area (Å²) in [6.45, 7) is 15.5. The lowest BCUT2D eigenvalue weighted by Crippen LogP contribution is -2.51. The van der Waals surface area contributed by atoms with E-state index in [1.54, 1.807) is 0 Å². The molecule has 0 unspecified atom stereocenters. The molecule has 0 radical (unpaired) electrons. The minimum Gasteiger partial charge on any atom is -0.389 e. The molecule has 1 N–H and O–H groups in total. The van der Waals surface area contributed by atoms with Crippen LogP contribution in [0.25, 0.3) is 0 Å². The molecule has 0 aliphatic rings. The highest BCUT2D eigenvalue weighted by Gasteiger charge is 2.35. The Kier molecular flexibility index (Phi) is 6.34. The zero-order valence-electron chi connectivity index (χ0n) is 18.9. The Hall–Kier alpha value is -2.32. The molecular formula is C27H33BO. The van der Waals surface area contributed by atoms with Gasteiger partial charge >= 0.3 is 0 Å². The number of aryl methyl sites for hydroxylation is 6. The SMILES string of the molecule is Cc1cc(C)c(B(c2c(C)cc(C)cc2C)[C@@H](C)[C@@H](O)c2ccccc2)c(C)c1. The molecule has 0 aromatic heterocycles. The predicted octanol–water partition coefficient (Wildman–Crippen LogP) is 5.27. The second kappa shape index (κ2) is 8.59. The maximum absolute atomic E-state index is 11.4. The molecule has 0 amide bonds. The van der Waals surface area contributed by atoms with Crippen molar-refractivity contribution in [3.05, 3.63) is 93.5 Å². The largest absolute Gasteiger partial charge is 0.389 e. The average molecular weight is 384 g/mol. The fourth-order valence-corrected chi connectivity index (χ4v) is 5.17.